The highest BCUT2D eigenvalue weighted by molar-refractivity contribution is 7.15. The third-order valence-corrected chi connectivity index (χ3v) is 3.72. The number of fused-ring (bicyclic) bond motifs is 1. The lowest BCUT2D eigenvalue weighted by Crippen LogP contribution is -2.35. The number of carbonyl (C=O) groups is 1. The molecular formula is C13H13N3O2S. The topological polar surface area (TPSA) is 64.1 Å². The van der Waals surface area contributed by atoms with Gasteiger partial charge in [0.05, 0.1) is 0 Å². The molecule has 0 fully saturated rings. The summed E-state index contributed by atoms with van der Waals surface area (Å²) in [5.41, 5.74) is 1.15. The van der Waals surface area contributed by atoms with E-state index in [9.17, 15) is 4.79 Å². The minimum absolute atomic E-state index is 0.161. The summed E-state index contributed by atoms with van der Waals surface area (Å²) in [6, 6.07) is 7.81. The van der Waals surface area contributed by atoms with Gasteiger partial charge in [-0.3, -0.25) is 10.1 Å². The lowest BCUT2D eigenvalue weighted by Gasteiger charge is -2.24. The number of benzene rings is 1. The van der Waals surface area contributed by atoms with E-state index >= 15 is 0 Å². The van der Waals surface area contributed by atoms with Crippen LogP contribution in [-0.4, -0.2) is 22.2 Å². The van der Waals surface area contributed by atoms with Crippen LogP contribution >= 0.6 is 11.3 Å². The Labute approximate surface area is 114 Å². The van der Waals surface area contributed by atoms with Crippen molar-refractivity contribution in [1.29, 1.82) is 0 Å². The number of aromatic nitrogens is 2. The molecular weight excluding hydrogens is 262 g/mol. The quantitative estimate of drug-likeness (QED) is 0.912. The number of nitrogens with zero attached hydrogens (tertiary/aromatic N) is 2. The van der Waals surface area contributed by atoms with Crippen molar-refractivity contribution in [3.63, 3.8) is 0 Å². The smallest absolute Gasteiger partial charge is 0.267 e. The maximum atomic E-state index is 12.1. The third-order valence-electron chi connectivity index (χ3n) is 2.97. The van der Waals surface area contributed by atoms with Crippen molar-refractivity contribution in [2.75, 3.05) is 5.32 Å². The first-order chi connectivity index (χ1) is 9.22. The predicted molar refractivity (Wildman–Crippen MR) is 72.5 cm³/mol. The van der Waals surface area contributed by atoms with Crippen LogP contribution in [0.1, 0.15) is 17.0 Å². The Hall–Kier alpha value is -1.95. The van der Waals surface area contributed by atoms with Gasteiger partial charge in [-0.25, -0.2) is 0 Å². The SMILES string of the molecule is Cc1nnc(NC(=O)C2CCc3ccccc3O2)s1. The average molecular weight is 275 g/mol. The van der Waals surface area contributed by atoms with Gasteiger partial charge >= 0.3 is 0 Å². The van der Waals surface area contributed by atoms with Gasteiger partial charge in [-0.05, 0) is 31.4 Å². The van der Waals surface area contributed by atoms with Crippen molar-refractivity contribution < 1.29 is 9.53 Å². The lowest BCUT2D eigenvalue weighted by atomic mass is 10.0. The molecule has 1 aromatic carbocycles. The Morgan fingerprint density at radius 2 is 2.26 bits per heavy atom. The van der Waals surface area contributed by atoms with Crippen LogP contribution in [0.25, 0.3) is 0 Å². The Morgan fingerprint density at radius 3 is 3.05 bits per heavy atom. The molecule has 2 aromatic rings. The summed E-state index contributed by atoms with van der Waals surface area (Å²) in [4.78, 5) is 12.1. The Bertz CT molecular complexity index is 611. The van der Waals surface area contributed by atoms with Crippen molar-refractivity contribution in [3.05, 3.63) is 34.8 Å². The van der Waals surface area contributed by atoms with Crippen LogP contribution in [0.4, 0.5) is 5.13 Å². The van der Waals surface area contributed by atoms with E-state index in [1.165, 1.54) is 11.3 Å². The molecule has 1 aliphatic rings. The summed E-state index contributed by atoms with van der Waals surface area (Å²) in [5, 5.41) is 11.8. The summed E-state index contributed by atoms with van der Waals surface area (Å²) in [5.74, 6) is 0.632. The Kier molecular flexibility index (Phi) is 3.16. The maximum Gasteiger partial charge on any atom is 0.267 e. The molecule has 19 heavy (non-hydrogen) atoms. The third kappa shape index (κ3) is 2.58. The number of nitrogens with one attached hydrogen (secondary N) is 1. The normalized spacial score (nSPS) is 17.4. The van der Waals surface area contributed by atoms with Crippen molar-refractivity contribution >= 4 is 22.4 Å². The standard InChI is InChI=1S/C13H13N3O2S/c1-8-15-16-13(19-8)14-12(17)11-7-6-9-4-2-3-5-10(9)18-11/h2-5,11H,6-7H2,1H3,(H,14,16,17). The van der Waals surface area contributed by atoms with Crippen LogP contribution in [0.3, 0.4) is 0 Å². The van der Waals surface area contributed by atoms with Crippen molar-refractivity contribution in [2.45, 2.75) is 25.9 Å². The van der Waals surface area contributed by atoms with Crippen LogP contribution in [0.5, 0.6) is 5.75 Å². The number of aryl methyl sites for hydroxylation is 2. The van der Waals surface area contributed by atoms with E-state index < -0.39 is 6.10 Å². The van der Waals surface area contributed by atoms with E-state index in [4.69, 9.17) is 4.74 Å². The maximum absolute atomic E-state index is 12.1. The molecule has 5 nitrogen and oxygen atoms in total. The molecule has 1 aromatic heterocycles. The number of ether oxygens (including phenoxy) is 1. The summed E-state index contributed by atoms with van der Waals surface area (Å²) < 4.78 is 5.72. The number of para-hydroxylation sites is 1. The van der Waals surface area contributed by atoms with Crippen LogP contribution in [-0.2, 0) is 11.2 Å². The number of anilines is 1. The van der Waals surface area contributed by atoms with Crippen molar-refractivity contribution in [1.82, 2.24) is 10.2 Å². The van der Waals surface area contributed by atoms with E-state index in [2.05, 4.69) is 15.5 Å². The molecule has 3 rings (SSSR count). The van der Waals surface area contributed by atoms with Crippen LogP contribution in [0.2, 0.25) is 0 Å². The van der Waals surface area contributed by atoms with E-state index in [-0.39, 0.29) is 5.91 Å². The van der Waals surface area contributed by atoms with E-state index in [1.54, 1.807) is 0 Å². The zero-order chi connectivity index (χ0) is 13.2. The fourth-order valence-electron chi connectivity index (χ4n) is 2.04. The number of carbonyl (C=O) groups excluding carboxylic acids is 1. The molecule has 0 spiro atoms. The second-order valence-electron chi connectivity index (χ2n) is 4.37. The van der Waals surface area contributed by atoms with Crippen LogP contribution < -0.4 is 10.1 Å². The monoisotopic (exact) mass is 275 g/mol. The summed E-state index contributed by atoms with van der Waals surface area (Å²) in [6.07, 6.45) is 1.07. The first kappa shape index (κ1) is 12.1. The number of amides is 1. The molecule has 0 aliphatic carbocycles. The Morgan fingerprint density at radius 1 is 1.42 bits per heavy atom. The predicted octanol–water partition coefficient (Wildman–Crippen LogP) is 2.18. The number of hydrogen-bond acceptors (Lipinski definition) is 5. The average Bonchev–Trinajstić information content (AvgIpc) is 2.83. The molecule has 2 heterocycles. The molecule has 1 amide bonds. The fourth-order valence-corrected chi connectivity index (χ4v) is 2.64. The van der Waals surface area contributed by atoms with Gasteiger partial charge < -0.3 is 4.74 Å². The molecule has 1 N–H and O–H groups in total. The Balaban J connectivity index is 1.69. The molecule has 1 atom stereocenters. The van der Waals surface area contributed by atoms with Gasteiger partial charge in [0.15, 0.2) is 6.10 Å². The molecule has 0 bridgehead atoms. The van der Waals surface area contributed by atoms with Crippen LogP contribution in [0.15, 0.2) is 24.3 Å². The van der Waals surface area contributed by atoms with Gasteiger partial charge in [0.1, 0.15) is 10.8 Å². The zero-order valence-corrected chi connectivity index (χ0v) is 11.2. The van der Waals surface area contributed by atoms with Crippen LogP contribution in [0, 0.1) is 6.92 Å². The summed E-state index contributed by atoms with van der Waals surface area (Å²) in [7, 11) is 0. The first-order valence-corrected chi connectivity index (χ1v) is 6.89. The molecule has 98 valence electrons. The largest absolute Gasteiger partial charge is 0.480 e. The zero-order valence-electron chi connectivity index (χ0n) is 10.4. The highest BCUT2D eigenvalue weighted by Gasteiger charge is 2.26. The van der Waals surface area contributed by atoms with Gasteiger partial charge in [0.25, 0.3) is 5.91 Å². The second kappa shape index (κ2) is 4.97. The molecule has 6 heteroatoms. The highest BCUT2D eigenvalue weighted by atomic mass is 32.1. The molecule has 0 saturated heterocycles. The van der Waals surface area contributed by atoms with Gasteiger partial charge in [-0.15, -0.1) is 10.2 Å². The second-order valence-corrected chi connectivity index (χ2v) is 5.55. The first-order valence-electron chi connectivity index (χ1n) is 6.08. The summed E-state index contributed by atoms with van der Waals surface area (Å²) in [6.45, 7) is 1.85. The van der Waals surface area contributed by atoms with Crippen molar-refractivity contribution in [3.8, 4) is 5.75 Å². The highest BCUT2D eigenvalue weighted by Crippen LogP contribution is 2.27. The summed E-state index contributed by atoms with van der Waals surface area (Å²) >= 11 is 1.36. The lowest BCUT2D eigenvalue weighted by molar-refractivity contribution is -0.123. The van der Waals surface area contributed by atoms with Crippen molar-refractivity contribution in [2.24, 2.45) is 0 Å². The minimum atomic E-state index is -0.459. The molecule has 0 radical (unpaired) electrons. The minimum Gasteiger partial charge on any atom is -0.480 e. The van der Waals surface area contributed by atoms with E-state index in [0.29, 0.717) is 11.6 Å². The van der Waals surface area contributed by atoms with Gasteiger partial charge in [-0.2, -0.15) is 0 Å². The molecule has 1 aliphatic heterocycles. The van der Waals surface area contributed by atoms with Gasteiger partial charge in [0.2, 0.25) is 5.13 Å². The van der Waals surface area contributed by atoms with E-state index in [0.717, 1.165) is 22.7 Å². The van der Waals surface area contributed by atoms with E-state index in [1.807, 2.05) is 31.2 Å². The number of hydrogen-bond donors (Lipinski definition) is 1. The van der Waals surface area contributed by atoms with Gasteiger partial charge in [-0.1, -0.05) is 29.5 Å². The molecule has 0 saturated carbocycles. The van der Waals surface area contributed by atoms with Gasteiger partial charge in [0, 0.05) is 0 Å². The number of rotatable bonds is 2. The molecule has 1 unspecified atom stereocenters. The fraction of sp³-hybridized carbons (Fsp3) is 0.308.